The smallest absolute Gasteiger partial charge is 0.261 e. The molecule has 0 unspecified atom stereocenters. The Hall–Kier alpha value is -2.88. The fraction of sp³-hybridized carbons (Fsp3) is 0.500. The molecule has 1 aliphatic rings. The fourth-order valence-electron chi connectivity index (χ4n) is 3.17. The summed E-state index contributed by atoms with van der Waals surface area (Å²) in [4.78, 5) is 53.3. The number of rotatable bonds is 12. The summed E-state index contributed by atoms with van der Waals surface area (Å²) in [6.45, 7) is 0.967. The lowest BCUT2D eigenvalue weighted by Gasteiger charge is -2.13. The predicted octanol–water partition coefficient (Wildman–Crippen LogP) is 3.71. The lowest BCUT2D eigenvalue weighted by Crippen LogP contribution is -2.30. The predicted molar refractivity (Wildman–Crippen MR) is 99.5 cm³/mol. The summed E-state index contributed by atoms with van der Waals surface area (Å²) < 4.78 is 0. The van der Waals surface area contributed by atoms with Crippen LogP contribution in [-0.4, -0.2) is 42.0 Å². The molecule has 0 N–H and O–H groups in total. The molecule has 0 bridgehead atoms. The molecule has 1 heterocycles. The summed E-state index contributed by atoms with van der Waals surface area (Å²) in [5.41, 5.74) is 0.990. The van der Waals surface area contributed by atoms with Crippen LogP contribution < -0.4 is 0 Å². The van der Waals surface area contributed by atoms with Crippen molar-refractivity contribution in [1.82, 2.24) is 4.90 Å². The van der Waals surface area contributed by atoms with Gasteiger partial charge in [0, 0.05) is 6.54 Å². The normalized spacial score (nSPS) is 12.5. The quantitative estimate of drug-likeness (QED) is 0.243. The van der Waals surface area contributed by atoms with Crippen LogP contribution in [-0.2, 0) is 9.59 Å². The van der Waals surface area contributed by atoms with Gasteiger partial charge in [0.1, 0.15) is 0 Å². The van der Waals surface area contributed by atoms with Gasteiger partial charge in [0.25, 0.3) is 11.8 Å². The van der Waals surface area contributed by atoms with Crippen molar-refractivity contribution in [3.63, 3.8) is 0 Å². The summed E-state index contributed by atoms with van der Waals surface area (Å²) in [6, 6.07) is 4.52. The standard InChI is InChI=1S/C20H23N3O4/c24-14-21-11-7-5-3-1-2-4-6-8-12-23-19(26)17-10-9-16(22-15-25)13-18(17)20(23)27/h9-10,13H,1-8,11-12H2. The summed E-state index contributed by atoms with van der Waals surface area (Å²) in [6.07, 6.45) is 11.1. The second-order valence-corrected chi connectivity index (χ2v) is 6.50. The van der Waals surface area contributed by atoms with Crippen molar-refractivity contribution in [2.24, 2.45) is 9.98 Å². The van der Waals surface area contributed by atoms with E-state index in [-0.39, 0.29) is 11.8 Å². The summed E-state index contributed by atoms with van der Waals surface area (Å²) in [7, 11) is 0. The Bertz CT molecular complexity index is 777. The number of amides is 2. The maximum Gasteiger partial charge on any atom is 0.261 e. The first kappa shape index (κ1) is 20.4. The van der Waals surface area contributed by atoms with E-state index < -0.39 is 0 Å². The maximum atomic E-state index is 12.4. The van der Waals surface area contributed by atoms with Crippen molar-refractivity contribution >= 4 is 29.7 Å². The number of hydrogen-bond donors (Lipinski definition) is 0. The van der Waals surface area contributed by atoms with Gasteiger partial charge < -0.3 is 0 Å². The molecule has 0 aromatic heterocycles. The molecule has 27 heavy (non-hydrogen) atoms. The van der Waals surface area contributed by atoms with E-state index in [4.69, 9.17) is 0 Å². The Morgan fingerprint density at radius 1 is 0.778 bits per heavy atom. The van der Waals surface area contributed by atoms with Crippen LogP contribution in [0.1, 0.15) is 72.1 Å². The molecule has 7 heteroatoms. The van der Waals surface area contributed by atoms with Gasteiger partial charge in [-0.3, -0.25) is 14.5 Å². The Balaban J connectivity index is 1.67. The van der Waals surface area contributed by atoms with Gasteiger partial charge in [-0.25, -0.2) is 14.6 Å². The Labute approximate surface area is 158 Å². The first-order chi connectivity index (χ1) is 13.2. The van der Waals surface area contributed by atoms with Crippen molar-refractivity contribution in [3.05, 3.63) is 29.3 Å². The van der Waals surface area contributed by atoms with Crippen LogP contribution in [0.2, 0.25) is 0 Å². The van der Waals surface area contributed by atoms with E-state index in [2.05, 4.69) is 9.98 Å². The number of imide groups is 1. The second kappa shape index (κ2) is 11.0. The van der Waals surface area contributed by atoms with Gasteiger partial charge in [-0.1, -0.05) is 38.5 Å². The number of carbonyl (C=O) groups is 2. The minimum Gasteiger partial charge on any atom is -0.274 e. The summed E-state index contributed by atoms with van der Waals surface area (Å²) >= 11 is 0. The Morgan fingerprint density at radius 3 is 2.07 bits per heavy atom. The number of unbranched alkanes of at least 4 members (excludes halogenated alkanes) is 7. The summed E-state index contributed by atoms with van der Waals surface area (Å²) in [5, 5.41) is 0. The molecule has 1 aromatic carbocycles. The highest BCUT2D eigenvalue weighted by molar-refractivity contribution is 6.21. The summed E-state index contributed by atoms with van der Waals surface area (Å²) in [5.74, 6) is -0.606. The molecule has 2 amide bonds. The highest BCUT2D eigenvalue weighted by Crippen LogP contribution is 2.27. The van der Waals surface area contributed by atoms with Crippen LogP contribution >= 0.6 is 0 Å². The molecule has 0 radical (unpaired) electrons. The van der Waals surface area contributed by atoms with Crippen LogP contribution in [0.15, 0.2) is 28.2 Å². The first-order valence-electron chi connectivity index (χ1n) is 9.31. The minimum absolute atomic E-state index is 0.283. The number of aliphatic imine (C=N–C) groups is 2. The third-order valence-corrected chi connectivity index (χ3v) is 4.60. The van der Waals surface area contributed by atoms with E-state index in [1.807, 2.05) is 0 Å². The van der Waals surface area contributed by atoms with E-state index in [1.165, 1.54) is 35.3 Å². The molecule has 0 aliphatic carbocycles. The van der Waals surface area contributed by atoms with E-state index >= 15 is 0 Å². The topological polar surface area (TPSA) is 96.2 Å². The largest absolute Gasteiger partial charge is 0.274 e. The van der Waals surface area contributed by atoms with E-state index in [0.29, 0.717) is 29.9 Å². The highest BCUT2D eigenvalue weighted by Gasteiger charge is 2.35. The number of isocyanates is 2. The minimum atomic E-state index is -0.323. The van der Waals surface area contributed by atoms with Crippen LogP contribution in [0.4, 0.5) is 5.69 Å². The lowest BCUT2D eigenvalue weighted by atomic mass is 10.1. The van der Waals surface area contributed by atoms with Crippen LogP contribution in [0.25, 0.3) is 0 Å². The second-order valence-electron chi connectivity index (χ2n) is 6.50. The molecule has 0 atom stereocenters. The average Bonchev–Trinajstić information content (AvgIpc) is 2.90. The SMILES string of the molecule is O=C=NCCCCCCCCCCN1C(=O)c2ccc(N=C=O)cc2C1=O. The molecule has 1 aliphatic heterocycles. The number of benzene rings is 1. The van der Waals surface area contributed by atoms with Gasteiger partial charge >= 0.3 is 0 Å². The van der Waals surface area contributed by atoms with Gasteiger partial charge in [-0.05, 0) is 31.0 Å². The molecule has 2 rings (SSSR count). The van der Waals surface area contributed by atoms with Gasteiger partial charge in [-0.2, -0.15) is 4.99 Å². The third-order valence-electron chi connectivity index (χ3n) is 4.60. The Kier molecular flexibility index (Phi) is 8.30. The van der Waals surface area contributed by atoms with Crippen molar-refractivity contribution in [3.8, 4) is 0 Å². The van der Waals surface area contributed by atoms with Crippen LogP contribution in [0, 0.1) is 0 Å². The van der Waals surface area contributed by atoms with E-state index in [1.54, 1.807) is 0 Å². The molecular formula is C20H23N3O4. The molecule has 1 aromatic rings. The van der Waals surface area contributed by atoms with Gasteiger partial charge in [0.15, 0.2) is 0 Å². The molecular weight excluding hydrogens is 346 g/mol. The molecule has 0 spiro atoms. The van der Waals surface area contributed by atoms with Crippen molar-refractivity contribution in [2.75, 3.05) is 13.1 Å². The molecule has 0 fully saturated rings. The molecule has 7 nitrogen and oxygen atoms in total. The zero-order valence-electron chi connectivity index (χ0n) is 15.3. The van der Waals surface area contributed by atoms with Crippen LogP contribution in [0.5, 0.6) is 0 Å². The molecule has 142 valence electrons. The zero-order valence-corrected chi connectivity index (χ0v) is 15.3. The first-order valence-corrected chi connectivity index (χ1v) is 9.31. The molecule has 0 saturated carbocycles. The van der Waals surface area contributed by atoms with Crippen molar-refractivity contribution in [2.45, 2.75) is 51.4 Å². The number of hydrogen-bond acceptors (Lipinski definition) is 6. The monoisotopic (exact) mass is 369 g/mol. The van der Waals surface area contributed by atoms with Gasteiger partial charge in [-0.15, -0.1) is 0 Å². The lowest BCUT2D eigenvalue weighted by molar-refractivity contribution is 0.0651. The number of nitrogens with zero attached hydrogens (tertiary/aromatic N) is 3. The van der Waals surface area contributed by atoms with Crippen LogP contribution in [0.3, 0.4) is 0 Å². The average molecular weight is 369 g/mol. The Morgan fingerprint density at radius 2 is 1.41 bits per heavy atom. The number of fused-ring (bicyclic) bond motifs is 1. The molecule has 0 saturated heterocycles. The van der Waals surface area contributed by atoms with Gasteiger partial charge in [0.2, 0.25) is 12.2 Å². The zero-order chi connectivity index (χ0) is 19.5. The highest BCUT2D eigenvalue weighted by atomic mass is 16.2. The van der Waals surface area contributed by atoms with Crippen molar-refractivity contribution in [1.29, 1.82) is 0 Å². The van der Waals surface area contributed by atoms with Crippen molar-refractivity contribution < 1.29 is 19.2 Å². The third kappa shape index (κ3) is 5.81. The van der Waals surface area contributed by atoms with Gasteiger partial charge in [0.05, 0.1) is 23.4 Å². The van der Waals surface area contributed by atoms with E-state index in [9.17, 15) is 19.2 Å². The fourth-order valence-corrected chi connectivity index (χ4v) is 3.17. The van der Waals surface area contributed by atoms with E-state index in [0.717, 1.165) is 51.4 Å². The number of carbonyl (C=O) groups excluding carboxylic acids is 4. The maximum absolute atomic E-state index is 12.4.